The lowest BCUT2D eigenvalue weighted by molar-refractivity contribution is -0.137. The number of nitrogens with zero attached hydrogens (tertiary/aromatic N) is 1. The molecule has 1 aromatic rings. The molecule has 7 heteroatoms. The zero-order valence-electron chi connectivity index (χ0n) is 14.9. The molecule has 0 amide bonds. The fourth-order valence-electron chi connectivity index (χ4n) is 3.77. The molecular formula is C20H24ClNO5. The summed E-state index contributed by atoms with van der Waals surface area (Å²) >= 11 is 5.86. The van der Waals surface area contributed by atoms with Gasteiger partial charge in [-0.15, -0.1) is 0 Å². The lowest BCUT2D eigenvalue weighted by Gasteiger charge is -2.33. The summed E-state index contributed by atoms with van der Waals surface area (Å²) in [6, 6.07) is 7.02. The van der Waals surface area contributed by atoms with E-state index in [1.807, 2.05) is 6.08 Å². The van der Waals surface area contributed by atoms with Crippen molar-refractivity contribution in [2.75, 3.05) is 6.61 Å². The maximum atomic E-state index is 10.5. The van der Waals surface area contributed by atoms with Crippen LogP contribution in [0.2, 0.25) is 5.02 Å². The number of aliphatic carboxylic acids is 1. The number of rotatable bonds is 8. The average molecular weight is 394 g/mol. The molecule has 0 spiro atoms. The molecule has 0 bridgehead atoms. The van der Waals surface area contributed by atoms with Crippen LogP contribution in [0, 0.1) is 17.8 Å². The topological polar surface area (TPSA) is 99.4 Å². The third-order valence-electron chi connectivity index (χ3n) is 5.35. The number of hydrogen-bond acceptors (Lipinski definition) is 5. The number of halogens is 1. The Bertz CT molecular complexity index is 718. The van der Waals surface area contributed by atoms with Crippen LogP contribution in [0.15, 0.2) is 41.6 Å². The second-order valence-corrected chi connectivity index (χ2v) is 7.60. The first-order valence-corrected chi connectivity index (χ1v) is 9.54. The summed E-state index contributed by atoms with van der Waals surface area (Å²) in [6.45, 7) is 0.284. The zero-order chi connectivity index (χ0) is 19.4. The predicted molar refractivity (Wildman–Crippen MR) is 102 cm³/mol. The third-order valence-corrected chi connectivity index (χ3v) is 5.61. The molecule has 0 saturated heterocycles. The average Bonchev–Trinajstić information content (AvgIpc) is 2.86. The maximum Gasteiger partial charge on any atom is 0.303 e. The largest absolute Gasteiger partial charge is 0.481 e. The van der Waals surface area contributed by atoms with Crippen molar-refractivity contribution in [3.63, 3.8) is 0 Å². The van der Waals surface area contributed by atoms with Crippen LogP contribution >= 0.6 is 11.6 Å². The number of oxime groups is 1. The lowest BCUT2D eigenvalue weighted by Crippen LogP contribution is -2.38. The summed E-state index contributed by atoms with van der Waals surface area (Å²) in [5, 5.41) is 34.1. The van der Waals surface area contributed by atoms with E-state index in [0.717, 1.165) is 17.7 Å². The number of carboxylic acid groups (broad SMARTS) is 1. The number of aliphatic hydroxyl groups is 2. The monoisotopic (exact) mass is 393 g/mol. The summed E-state index contributed by atoms with van der Waals surface area (Å²) in [5.74, 6) is -0.499. The van der Waals surface area contributed by atoms with Crippen LogP contribution in [0.25, 0.3) is 0 Å². The normalized spacial score (nSPS) is 29.5. The molecule has 2 aliphatic carbocycles. The van der Waals surface area contributed by atoms with Gasteiger partial charge < -0.3 is 20.2 Å². The zero-order valence-corrected chi connectivity index (χ0v) is 15.6. The second-order valence-electron chi connectivity index (χ2n) is 7.16. The highest BCUT2D eigenvalue weighted by atomic mass is 35.5. The Morgan fingerprint density at radius 2 is 2.11 bits per heavy atom. The van der Waals surface area contributed by atoms with Crippen molar-refractivity contribution < 1.29 is 25.0 Å². The molecule has 27 heavy (non-hydrogen) atoms. The Morgan fingerprint density at radius 3 is 2.81 bits per heavy atom. The van der Waals surface area contributed by atoms with Crippen molar-refractivity contribution in [2.24, 2.45) is 22.9 Å². The first kappa shape index (κ1) is 19.9. The van der Waals surface area contributed by atoms with Crippen LogP contribution in [0.4, 0.5) is 0 Å². The molecular weight excluding hydrogens is 370 g/mol. The molecule has 1 aromatic carbocycles. The molecule has 2 fully saturated rings. The van der Waals surface area contributed by atoms with Gasteiger partial charge in [0.2, 0.25) is 0 Å². The molecule has 6 nitrogen and oxygen atoms in total. The van der Waals surface area contributed by atoms with Gasteiger partial charge in [0.05, 0.1) is 17.9 Å². The Kier molecular flexibility index (Phi) is 6.52. The fraction of sp³-hybridized carbons (Fsp3) is 0.500. The van der Waals surface area contributed by atoms with E-state index in [0.29, 0.717) is 17.9 Å². The number of benzene rings is 1. The van der Waals surface area contributed by atoms with E-state index in [1.165, 1.54) is 0 Å². The van der Waals surface area contributed by atoms with Crippen molar-refractivity contribution in [3.05, 3.63) is 47.0 Å². The maximum absolute atomic E-state index is 10.5. The molecule has 2 aliphatic rings. The van der Waals surface area contributed by atoms with Gasteiger partial charge in [0.15, 0.2) is 0 Å². The molecule has 2 saturated carbocycles. The smallest absolute Gasteiger partial charge is 0.303 e. The van der Waals surface area contributed by atoms with Crippen molar-refractivity contribution >= 4 is 23.3 Å². The predicted octanol–water partition coefficient (Wildman–Crippen LogP) is 3.18. The number of fused-ring (bicyclic) bond motifs is 1. The van der Waals surface area contributed by atoms with Crippen LogP contribution in [0.1, 0.15) is 37.4 Å². The third kappa shape index (κ3) is 4.89. The van der Waals surface area contributed by atoms with Crippen LogP contribution in [-0.4, -0.2) is 39.7 Å². The Balaban J connectivity index is 1.50. The van der Waals surface area contributed by atoms with E-state index in [4.69, 9.17) is 21.5 Å². The van der Waals surface area contributed by atoms with Crippen LogP contribution in [-0.2, 0) is 9.63 Å². The van der Waals surface area contributed by atoms with Gasteiger partial charge in [-0.3, -0.25) is 4.79 Å². The minimum absolute atomic E-state index is 0.0262. The van der Waals surface area contributed by atoms with Gasteiger partial charge in [-0.2, -0.15) is 0 Å². The molecule has 0 aromatic heterocycles. The van der Waals surface area contributed by atoms with Crippen molar-refractivity contribution in [3.8, 4) is 0 Å². The fourth-order valence-corrected chi connectivity index (χ4v) is 3.90. The molecule has 0 heterocycles. The molecule has 3 unspecified atom stereocenters. The lowest BCUT2D eigenvalue weighted by atomic mass is 9.73. The van der Waals surface area contributed by atoms with Crippen molar-refractivity contribution in [1.29, 1.82) is 0 Å². The van der Waals surface area contributed by atoms with Crippen molar-refractivity contribution in [2.45, 2.75) is 37.9 Å². The standard InChI is InChI=1S/C20H24ClNO5/c21-14-6-3-12(4-7-14)18(23)8-5-13-10-15-16(20(13)26)11-17(15)22-27-9-1-2-19(24)25/h3-8,13,15-16,18,20,23,26H,1-2,9-11H2,(H,24,25)/t13?,15-,16+,18?,20?/m0/s1. The van der Waals surface area contributed by atoms with Gasteiger partial charge >= 0.3 is 5.97 Å². The summed E-state index contributed by atoms with van der Waals surface area (Å²) in [4.78, 5) is 15.7. The van der Waals surface area contributed by atoms with E-state index in [9.17, 15) is 15.0 Å². The highest BCUT2D eigenvalue weighted by molar-refractivity contribution is 6.30. The van der Waals surface area contributed by atoms with Gasteiger partial charge in [0.1, 0.15) is 6.61 Å². The first-order valence-electron chi connectivity index (χ1n) is 9.16. The van der Waals surface area contributed by atoms with Gasteiger partial charge in [-0.1, -0.05) is 41.0 Å². The highest BCUT2D eigenvalue weighted by Crippen LogP contribution is 2.48. The van der Waals surface area contributed by atoms with Crippen molar-refractivity contribution in [1.82, 2.24) is 0 Å². The minimum Gasteiger partial charge on any atom is -0.481 e. The Hall–Kier alpha value is -1.89. The molecule has 3 rings (SSSR count). The van der Waals surface area contributed by atoms with E-state index >= 15 is 0 Å². The summed E-state index contributed by atoms with van der Waals surface area (Å²) in [6.07, 6.45) is 4.37. The number of carbonyl (C=O) groups is 1. The summed E-state index contributed by atoms with van der Waals surface area (Å²) in [5.41, 5.74) is 1.69. The Morgan fingerprint density at radius 1 is 1.37 bits per heavy atom. The number of hydrogen-bond donors (Lipinski definition) is 3. The van der Waals surface area contributed by atoms with E-state index in [1.54, 1.807) is 30.3 Å². The van der Waals surface area contributed by atoms with E-state index in [-0.39, 0.29) is 30.8 Å². The van der Waals surface area contributed by atoms with Gasteiger partial charge in [0.25, 0.3) is 0 Å². The molecule has 0 aliphatic heterocycles. The SMILES string of the molecule is O=C(O)CCCON=C1C[C@H]2C(O)C(C=CC(O)c3ccc(Cl)cc3)C[C@H]12. The first-order chi connectivity index (χ1) is 13.0. The minimum atomic E-state index is -0.843. The second kappa shape index (κ2) is 8.87. The molecule has 0 radical (unpaired) electrons. The van der Waals surface area contributed by atoms with Gasteiger partial charge in [-0.05, 0) is 42.9 Å². The molecule has 3 N–H and O–H groups in total. The number of aliphatic hydroxyl groups excluding tert-OH is 2. The summed E-state index contributed by atoms with van der Waals surface area (Å²) < 4.78 is 0. The van der Waals surface area contributed by atoms with E-state index < -0.39 is 18.2 Å². The quantitative estimate of drug-likeness (QED) is 0.358. The van der Waals surface area contributed by atoms with Gasteiger partial charge in [-0.25, -0.2) is 0 Å². The van der Waals surface area contributed by atoms with Crippen LogP contribution < -0.4 is 0 Å². The highest BCUT2D eigenvalue weighted by Gasteiger charge is 2.51. The van der Waals surface area contributed by atoms with Crippen LogP contribution in [0.3, 0.4) is 0 Å². The Labute approximate surface area is 163 Å². The molecule has 146 valence electrons. The molecule has 5 atom stereocenters. The van der Waals surface area contributed by atoms with Gasteiger partial charge in [0, 0.05) is 23.3 Å². The van der Waals surface area contributed by atoms with E-state index in [2.05, 4.69) is 5.16 Å². The van der Waals surface area contributed by atoms with Crippen LogP contribution in [0.5, 0.6) is 0 Å². The summed E-state index contributed by atoms with van der Waals surface area (Å²) in [7, 11) is 0. The number of carboxylic acids is 1.